The highest BCUT2D eigenvalue weighted by Crippen LogP contribution is 2.25. The third-order valence-electron chi connectivity index (χ3n) is 4.79. The number of aliphatic carboxylic acids is 1. The van der Waals surface area contributed by atoms with Crippen molar-refractivity contribution in [3.8, 4) is 0 Å². The Kier molecular flexibility index (Phi) is 5.26. The van der Waals surface area contributed by atoms with Crippen LogP contribution in [0, 0.1) is 5.92 Å². The van der Waals surface area contributed by atoms with E-state index in [1.54, 1.807) is 0 Å². The van der Waals surface area contributed by atoms with E-state index in [0.717, 1.165) is 32.1 Å². The van der Waals surface area contributed by atoms with Crippen LogP contribution in [0.4, 0.5) is 4.79 Å². The van der Waals surface area contributed by atoms with Gasteiger partial charge in [-0.25, -0.2) is 4.79 Å². The number of nitrogens with zero attached hydrogens (tertiary/aromatic N) is 1. The molecule has 5 heteroatoms. The Labute approximate surface area is 120 Å². The summed E-state index contributed by atoms with van der Waals surface area (Å²) in [7, 11) is 1.86. The third kappa shape index (κ3) is 3.87. The summed E-state index contributed by atoms with van der Waals surface area (Å²) in [6.45, 7) is 0. The standard InChI is InChI=1S/C15H26N2O3/c1-17(13-8-3-2-4-9-13)15(20)16-12-7-5-6-11(10-12)14(18)19/h11-13H,2-10H2,1H3,(H,16,20)(H,18,19). The Morgan fingerprint density at radius 3 is 2.40 bits per heavy atom. The molecule has 2 amide bonds. The molecule has 0 spiro atoms. The molecule has 2 atom stereocenters. The van der Waals surface area contributed by atoms with Gasteiger partial charge < -0.3 is 15.3 Å². The lowest BCUT2D eigenvalue weighted by atomic mass is 9.86. The predicted octanol–water partition coefficient (Wildman–Crippen LogP) is 2.60. The van der Waals surface area contributed by atoms with Gasteiger partial charge in [-0.3, -0.25) is 4.79 Å². The Hall–Kier alpha value is -1.26. The van der Waals surface area contributed by atoms with Crippen LogP contribution in [0.25, 0.3) is 0 Å². The molecule has 0 aromatic rings. The van der Waals surface area contributed by atoms with Crippen LogP contribution < -0.4 is 5.32 Å². The molecule has 0 bridgehead atoms. The van der Waals surface area contributed by atoms with Crippen molar-refractivity contribution in [2.24, 2.45) is 5.92 Å². The smallest absolute Gasteiger partial charge is 0.317 e. The highest BCUT2D eigenvalue weighted by molar-refractivity contribution is 5.75. The first-order valence-corrected chi connectivity index (χ1v) is 7.84. The van der Waals surface area contributed by atoms with Crippen molar-refractivity contribution in [1.29, 1.82) is 0 Å². The molecular weight excluding hydrogens is 256 g/mol. The predicted molar refractivity (Wildman–Crippen MR) is 76.5 cm³/mol. The summed E-state index contributed by atoms with van der Waals surface area (Å²) in [5, 5.41) is 12.1. The van der Waals surface area contributed by atoms with Crippen LogP contribution in [-0.4, -0.2) is 41.1 Å². The average Bonchev–Trinajstić information content (AvgIpc) is 2.47. The number of amides is 2. The van der Waals surface area contributed by atoms with E-state index in [0.29, 0.717) is 12.5 Å². The van der Waals surface area contributed by atoms with Crippen molar-refractivity contribution in [3.63, 3.8) is 0 Å². The van der Waals surface area contributed by atoms with Gasteiger partial charge in [0.05, 0.1) is 5.92 Å². The van der Waals surface area contributed by atoms with Crippen LogP contribution >= 0.6 is 0 Å². The molecule has 2 saturated carbocycles. The zero-order valence-electron chi connectivity index (χ0n) is 12.3. The van der Waals surface area contributed by atoms with E-state index >= 15 is 0 Å². The molecule has 0 saturated heterocycles. The first kappa shape index (κ1) is 15.1. The molecule has 2 aliphatic rings. The molecule has 2 aliphatic carbocycles. The number of carboxylic acid groups (broad SMARTS) is 1. The summed E-state index contributed by atoms with van der Waals surface area (Å²) in [6, 6.07) is 0.332. The van der Waals surface area contributed by atoms with Crippen molar-refractivity contribution in [3.05, 3.63) is 0 Å². The molecule has 0 radical (unpaired) electrons. The van der Waals surface area contributed by atoms with Crippen molar-refractivity contribution < 1.29 is 14.7 Å². The second kappa shape index (κ2) is 6.95. The van der Waals surface area contributed by atoms with Gasteiger partial charge in [0.15, 0.2) is 0 Å². The normalized spacial score (nSPS) is 27.9. The molecule has 2 unspecified atom stereocenters. The molecule has 2 fully saturated rings. The molecular formula is C15H26N2O3. The van der Waals surface area contributed by atoms with Crippen LogP contribution in [0.3, 0.4) is 0 Å². The number of urea groups is 1. The summed E-state index contributed by atoms with van der Waals surface area (Å²) < 4.78 is 0. The lowest BCUT2D eigenvalue weighted by Crippen LogP contribution is -2.49. The highest BCUT2D eigenvalue weighted by Gasteiger charge is 2.29. The number of hydrogen-bond donors (Lipinski definition) is 2. The quantitative estimate of drug-likeness (QED) is 0.836. The Morgan fingerprint density at radius 1 is 1.05 bits per heavy atom. The fourth-order valence-electron chi connectivity index (χ4n) is 3.46. The van der Waals surface area contributed by atoms with E-state index in [2.05, 4.69) is 5.32 Å². The summed E-state index contributed by atoms with van der Waals surface area (Å²) >= 11 is 0. The largest absolute Gasteiger partial charge is 0.481 e. The molecule has 0 aliphatic heterocycles. The van der Waals surface area contributed by atoms with E-state index in [-0.39, 0.29) is 18.0 Å². The maximum absolute atomic E-state index is 12.3. The van der Waals surface area contributed by atoms with Gasteiger partial charge >= 0.3 is 12.0 Å². The van der Waals surface area contributed by atoms with Crippen LogP contribution in [-0.2, 0) is 4.79 Å². The lowest BCUT2D eigenvalue weighted by Gasteiger charge is -2.34. The van der Waals surface area contributed by atoms with Crippen LogP contribution in [0.2, 0.25) is 0 Å². The number of nitrogens with one attached hydrogen (secondary N) is 1. The third-order valence-corrected chi connectivity index (χ3v) is 4.79. The second-order valence-electron chi connectivity index (χ2n) is 6.25. The first-order valence-electron chi connectivity index (χ1n) is 7.84. The summed E-state index contributed by atoms with van der Waals surface area (Å²) in [4.78, 5) is 25.1. The SMILES string of the molecule is CN(C(=O)NC1CCCC(C(=O)O)C1)C1CCCCC1. The second-order valence-corrected chi connectivity index (χ2v) is 6.25. The molecule has 20 heavy (non-hydrogen) atoms. The van der Waals surface area contributed by atoms with Crippen molar-refractivity contribution in [2.75, 3.05) is 7.05 Å². The van der Waals surface area contributed by atoms with Crippen LogP contribution in [0.15, 0.2) is 0 Å². The first-order chi connectivity index (χ1) is 9.58. The molecule has 114 valence electrons. The van der Waals surface area contributed by atoms with Gasteiger partial charge in [0, 0.05) is 19.1 Å². The van der Waals surface area contributed by atoms with E-state index in [4.69, 9.17) is 5.11 Å². The number of carbonyl (C=O) groups is 2. The minimum absolute atomic E-state index is 0.0170. The number of carboxylic acids is 1. The van der Waals surface area contributed by atoms with E-state index < -0.39 is 5.97 Å². The Morgan fingerprint density at radius 2 is 1.75 bits per heavy atom. The van der Waals surface area contributed by atoms with Crippen molar-refractivity contribution in [2.45, 2.75) is 69.9 Å². The molecule has 2 N–H and O–H groups in total. The molecule has 0 heterocycles. The Bertz CT molecular complexity index is 353. The van der Waals surface area contributed by atoms with Gasteiger partial charge in [-0.1, -0.05) is 25.7 Å². The summed E-state index contributed by atoms with van der Waals surface area (Å²) in [6.07, 6.45) is 8.94. The molecule has 2 rings (SSSR count). The van der Waals surface area contributed by atoms with E-state index in [1.807, 2.05) is 11.9 Å². The van der Waals surface area contributed by atoms with Gasteiger partial charge in [-0.2, -0.15) is 0 Å². The summed E-state index contributed by atoms with van der Waals surface area (Å²) in [5.41, 5.74) is 0. The maximum atomic E-state index is 12.3. The Balaban J connectivity index is 1.82. The van der Waals surface area contributed by atoms with Gasteiger partial charge in [0.1, 0.15) is 0 Å². The molecule has 5 nitrogen and oxygen atoms in total. The zero-order chi connectivity index (χ0) is 14.5. The fourth-order valence-corrected chi connectivity index (χ4v) is 3.46. The maximum Gasteiger partial charge on any atom is 0.317 e. The van der Waals surface area contributed by atoms with E-state index in [1.165, 1.54) is 19.3 Å². The number of carbonyl (C=O) groups excluding carboxylic acids is 1. The van der Waals surface area contributed by atoms with E-state index in [9.17, 15) is 9.59 Å². The topological polar surface area (TPSA) is 69.6 Å². The van der Waals surface area contributed by atoms with Crippen molar-refractivity contribution >= 4 is 12.0 Å². The zero-order valence-corrected chi connectivity index (χ0v) is 12.3. The molecule has 0 aromatic carbocycles. The van der Waals surface area contributed by atoms with Crippen molar-refractivity contribution in [1.82, 2.24) is 10.2 Å². The lowest BCUT2D eigenvalue weighted by molar-refractivity contribution is -0.143. The molecule has 0 aromatic heterocycles. The number of rotatable bonds is 3. The van der Waals surface area contributed by atoms with Gasteiger partial charge in [-0.15, -0.1) is 0 Å². The minimum Gasteiger partial charge on any atom is -0.481 e. The summed E-state index contributed by atoms with van der Waals surface area (Å²) in [5.74, 6) is -1.03. The number of hydrogen-bond acceptors (Lipinski definition) is 2. The minimum atomic E-state index is -0.732. The van der Waals surface area contributed by atoms with Gasteiger partial charge in [-0.05, 0) is 32.1 Å². The van der Waals surface area contributed by atoms with Gasteiger partial charge in [0.2, 0.25) is 0 Å². The fraction of sp³-hybridized carbons (Fsp3) is 0.867. The monoisotopic (exact) mass is 282 g/mol. The van der Waals surface area contributed by atoms with Crippen LogP contribution in [0.5, 0.6) is 0 Å². The average molecular weight is 282 g/mol. The van der Waals surface area contributed by atoms with Gasteiger partial charge in [0.25, 0.3) is 0 Å². The van der Waals surface area contributed by atoms with Crippen LogP contribution in [0.1, 0.15) is 57.8 Å². The highest BCUT2D eigenvalue weighted by atomic mass is 16.4.